The summed E-state index contributed by atoms with van der Waals surface area (Å²) in [6, 6.07) is 7.98. The molecule has 0 unspecified atom stereocenters. The maximum absolute atomic E-state index is 10.4. The van der Waals surface area contributed by atoms with E-state index in [1.807, 2.05) is 49.7 Å². The molecule has 2 aliphatic rings. The Morgan fingerprint density at radius 3 is 2.39 bits per heavy atom. The van der Waals surface area contributed by atoms with E-state index in [-0.39, 0.29) is 11.9 Å². The second-order valence-corrected chi connectivity index (χ2v) is 9.91. The van der Waals surface area contributed by atoms with E-state index < -0.39 is 37.3 Å². The van der Waals surface area contributed by atoms with E-state index in [2.05, 4.69) is 5.10 Å². The summed E-state index contributed by atoms with van der Waals surface area (Å²) in [6.07, 6.45) is -4.27. The fourth-order valence-corrected chi connectivity index (χ4v) is 4.64. The highest BCUT2D eigenvalue weighted by atomic mass is 16.7. The van der Waals surface area contributed by atoms with Crippen molar-refractivity contribution in [3.05, 3.63) is 41.1 Å². The SMILES string of the molecule is Cc1c(Cc2ccc(OCC3CCOCC3)cc2)c(O[C@@H]2O[C@H](CO)[C@@H](O)[C@H](O)[C@H]2O)nn1C(C)C. The summed E-state index contributed by atoms with van der Waals surface area (Å²) in [7, 11) is 0. The Balaban J connectivity index is 1.48. The van der Waals surface area contributed by atoms with Gasteiger partial charge in [-0.1, -0.05) is 12.1 Å². The lowest BCUT2D eigenvalue weighted by Crippen LogP contribution is -2.60. The number of hydrogen-bond acceptors (Lipinski definition) is 9. The van der Waals surface area contributed by atoms with Crippen molar-refractivity contribution in [3.63, 3.8) is 0 Å². The van der Waals surface area contributed by atoms with Crippen molar-refractivity contribution in [2.75, 3.05) is 26.4 Å². The molecule has 0 spiro atoms. The first-order valence-electron chi connectivity index (χ1n) is 12.6. The number of nitrogens with zero attached hydrogens (tertiary/aromatic N) is 2. The lowest BCUT2D eigenvalue weighted by molar-refractivity contribution is -0.278. The number of aromatic nitrogens is 2. The second kappa shape index (κ2) is 11.9. The highest BCUT2D eigenvalue weighted by Crippen LogP contribution is 2.31. The van der Waals surface area contributed by atoms with Gasteiger partial charge in [0.1, 0.15) is 30.2 Å². The van der Waals surface area contributed by atoms with E-state index in [0.29, 0.717) is 18.9 Å². The molecule has 1 aromatic carbocycles. The average Bonchev–Trinajstić information content (AvgIpc) is 3.19. The Bertz CT molecular complexity index is 971. The predicted octanol–water partition coefficient (Wildman–Crippen LogP) is 1.35. The summed E-state index contributed by atoms with van der Waals surface area (Å²) >= 11 is 0. The van der Waals surface area contributed by atoms with Crippen LogP contribution in [0.3, 0.4) is 0 Å². The van der Waals surface area contributed by atoms with Crippen LogP contribution in [0.15, 0.2) is 24.3 Å². The van der Waals surface area contributed by atoms with Gasteiger partial charge in [-0.25, -0.2) is 0 Å². The highest BCUT2D eigenvalue weighted by Gasteiger charge is 2.45. The van der Waals surface area contributed by atoms with Crippen molar-refractivity contribution in [2.45, 2.75) is 76.8 Å². The molecule has 4 rings (SSSR count). The minimum atomic E-state index is -1.52. The fourth-order valence-electron chi connectivity index (χ4n) is 4.64. The van der Waals surface area contributed by atoms with Gasteiger partial charge in [-0.05, 0) is 57.2 Å². The van der Waals surface area contributed by atoms with Gasteiger partial charge in [0.05, 0.1) is 13.2 Å². The molecule has 0 saturated carbocycles. The zero-order valence-corrected chi connectivity index (χ0v) is 21.1. The van der Waals surface area contributed by atoms with Gasteiger partial charge in [-0.3, -0.25) is 4.68 Å². The highest BCUT2D eigenvalue weighted by molar-refractivity contribution is 5.38. The Kier molecular flexibility index (Phi) is 8.87. The van der Waals surface area contributed by atoms with Crippen LogP contribution >= 0.6 is 0 Å². The number of hydrogen-bond donors (Lipinski definition) is 4. The number of aliphatic hydroxyl groups is 4. The molecule has 2 fully saturated rings. The van der Waals surface area contributed by atoms with Crippen LogP contribution in [0.5, 0.6) is 11.6 Å². The first-order valence-corrected chi connectivity index (χ1v) is 12.6. The van der Waals surface area contributed by atoms with E-state index in [1.54, 1.807) is 0 Å². The summed E-state index contributed by atoms with van der Waals surface area (Å²) in [5.74, 6) is 1.60. The van der Waals surface area contributed by atoms with Crippen LogP contribution in [0, 0.1) is 12.8 Å². The molecule has 5 atom stereocenters. The van der Waals surface area contributed by atoms with Gasteiger partial charge < -0.3 is 39.4 Å². The number of rotatable bonds is 9. The third-order valence-corrected chi connectivity index (χ3v) is 6.93. The molecule has 0 bridgehead atoms. The first kappa shape index (κ1) is 26.8. The largest absolute Gasteiger partial charge is 0.493 e. The van der Waals surface area contributed by atoms with Crippen molar-refractivity contribution >= 4 is 0 Å². The summed E-state index contributed by atoms with van der Waals surface area (Å²) in [5, 5.41) is 44.7. The molecule has 200 valence electrons. The van der Waals surface area contributed by atoms with E-state index in [9.17, 15) is 20.4 Å². The van der Waals surface area contributed by atoms with Crippen molar-refractivity contribution < 1.29 is 39.4 Å². The lowest BCUT2D eigenvalue weighted by atomic mass is 9.99. The van der Waals surface area contributed by atoms with E-state index >= 15 is 0 Å². The first-order chi connectivity index (χ1) is 17.3. The standard InChI is InChI=1S/C26H38N2O8/c1-15(2)28-16(3)20(25(27-28)36-26-24(32)23(31)22(30)21(13-29)35-26)12-17-4-6-19(7-5-17)34-14-18-8-10-33-11-9-18/h4-7,15,18,21-24,26,29-32H,8-14H2,1-3H3/t21-,22-,23+,24-,26+/m1/s1. The Hall–Kier alpha value is -2.21. The summed E-state index contributed by atoms with van der Waals surface area (Å²) in [5.41, 5.74) is 2.75. The monoisotopic (exact) mass is 506 g/mol. The molecular weight excluding hydrogens is 468 g/mol. The molecule has 3 heterocycles. The van der Waals surface area contributed by atoms with Crippen molar-refractivity contribution in [1.82, 2.24) is 9.78 Å². The van der Waals surface area contributed by atoms with E-state index in [4.69, 9.17) is 18.9 Å². The molecule has 4 N–H and O–H groups in total. The maximum atomic E-state index is 10.4. The zero-order valence-electron chi connectivity index (χ0n) is 21.1. The number of benzene rings is 1. The van der Waals surface area contributed by atoms with Crippen LogP contribution in [-0.2, 0) is 15.9 Å². The Morgan fingerprint density at radius 1 is 1.06 bits per heavy atom. The van der Waals surface area contributed by atoms with Gasteiger partial charge in [0, 0.05) is 36.9 Å². The fraction of sp³-hybridized carbons (Fsp3) is 0.654. The summed E-state index contributed by atoms with van der Waals surface area (Å²) in [4.78, 5) is 0. The minimum absolute atomic E-state index is 0.0665. The molecule has 0 aliphatic carbocycles. The van der Waals surface area contributed by atoms with Crippen molar-refractivity contribution in [3.8, 4) is 11.6 Å². The summed E-state index contributed by atoms with van der Waals surface area (Å²) in [6.45, 7) is 7.71. The average molecular weight is 507 g/mol. The molecule has 10 heteroatoms. The molecular formula is C26H38N2O8. The van der Waals surface area contributed by atoms with E-state index in [0.717, 1.165) is 48.6 Å². The molecule has 36 heavy (non-hydrogen) atoms. The molecule has 0 amide bonds. The third kappa shape index (κ3) is 6.01. The minimum Gasteiger partial charge on any atom is -0.493 e. The van der Waals surface area contributed by atoms with Crippen LogP contribution in [0.2, 0.25) is 0 Å². The molecule has 2 aromatic rings. The van der Waals surface area contributed by atoms with Gasteiger partial charge in [-0.15, -0.1) is 5.10 Å². The van der Waals surface area contributed by atoms with Crippen molar-refractivity contribution in [2.24, 2.45) is 5.92 Å². The molecule has 1 aromatic heterocycles. The Morgan fingerprint density at radius 2 is 1.75 bits per heavy atom. The molecule has 10 nitrogen and oxygen atoms in total. The quantitative estimate of drug-likeness (QED) is 0.397. The molecule has 2 aliphatic heterocycles. The predicted molar refractivity (Wildman–Crippen MR) is 130 cm³/mol. The van der Waals surface area contributed by atoms with Crippen LogP contribution in [0.1, 0.15) is 49.6 Å². The topological polar surface area (TPSA) is 136 Å². The second-order valence-electron chi connectivity index (χ2n) is 9.91. The van der Waals surface area contributed by atoms with Crippen LogP contribution in [0.25, 0.3) is 0 Å². The van der Waals surface area contributed by atoms with Gasteiger partial charge >= 0.3 is 0 Å². The van der Waals surface area contributed by atoms with Crippen molar-refractivity contribution in [1.29, 1.82) is 0 Å². The van der Waals surface area contributed by atoms with Crippen LogP contribution in [-0.4, -0.2) is 87.3 Å². The smallest absolute Gasteiger partial charge is 0.239 e. The summed E-state index contributed by atoms with van der Waals surface area (Å²) < 4.78 is 24.7. The van der Waals surface area contributed by atoms with Crippen LogP contribution in [0.4, 0.5) is 0 Å². The number of ether oxygens (including phenoxy) is 4. The van der Waals surface area contributed by atoms with Gasteiger partial charge in [-0.2, -0.15) is 0 Å². The molecule has 0 radical (unpaired) electrons. The van der Waals surface area contributed by atoms with Gasteiger partial charge in [0.15, 0.2) is 0 Å². The molecule has 2 saturated heterocycles. The third-order valence-electron chi connectivity index (χ3n) is 6.93. The van der Waals surface area contributed by atoms with Gasteiger partial charge in [0.2, 0.25) is 12.2 Å². The number of aliphatic hydroxyl groups excluding tert-OH is 4. The Labute approximate surface area is 211 Å². The lowest BCUT2D eigenvalue weighted by Gasteiger charge is -2.39. The van der Waals surface area contributed by atoms with Gasteiger partial charge in [0.25, 0.3) is 0 Å². The van der Waals surface area contributed by atoms with Crippen LogP contribution < -0.4 is 9.47 Å². The maximum Gasteiger partial charge on any atom is 0.239 e. The van der Waals surface area contributed by atoms with E-state index in [1.165, 1.54) is 0 Å². The normalized spacial score (nSPS) is 27.4. The zero-order chi connectivity index (χ0) is 25.8.